The zero-order chi connectivity index (χ0) is 12.9. The van der Waals surface area contributed by atoms with Crippen molar-refractivity contribution in [3.63, 3.8) is 0 Å². The molecule has 102 valence electrons. The second kappa shape index (κ2) is 4.60. The van der Waals surface area contributed by atoms with Gasteiger partial charge in [-0.05, 0) is 73.5 Å². The van der Waals surface area contributed by atoms with Crippen molar-refractivity contribution in [1.82, 2.24) is 5.32 Å². The Labute approximate surface area is 124 Å². The Hall–Kier alpha value is -0.340. The minimum atomic E-state index is 0.560. The van der Waals surface area contributed by atoms with Gasteiger partial charge in [-0.15, -0.1) is 0 Å². The zero-order valence-electron chi connectivity index (χ0n) is 11.4. The number of fused-ring (bicyclic) bond motifs is 1. The highest BCUT2D eigenvalue weighted by atomic mass is 79.9. The molecular formula is C17H22BrN. The summed E-state index contributed by atoms with van der Waals surface area (Å²) in [6.07, 6.45) is 8.53. The molecule has 19 heavy (non-hydrogen) atoms. The second-order valence-electron chi connectivity index (χ2n) is 7.12. The lowest BCUT2D eigenvalue weighted by atomic mass is 9.77. The number of rotatable bonds is 5. The Kier molecular flexibility index (Phi) is 3.00. The van der Waals surface area contributed by atoms with E-state index in [0.717, 1.165) is 17.9 Å². The van der Waals surface area contributed by atoms with E-state index in [0.29, 0.717) is 5.41 Å². The van der Waals surface area contributed by atoms with Crippen LogP contribution in [0.15, 0.2) is 28.7 Å². The smallest absolute Gasteiger partial charge is 0.0175 e. The maximum Gasteiger partial charge on any atom is 0.0175 e. The van der Waals surface area contributed by atoms with Crippen molar-refractivity contribution in [3.05, 3.63) is 34.3 Å². The molecule has 1 aromatic rings. The third-order valence-electron chi connectivity index (χ3n) is 5.29. The first-order valence-corrected chi connectivity index (χ1v) is 8.50. The van der Waals surface area contributed by atoms with Crippen LogP contribution in [-0.4, -0.2) is 12.6 Å². The molecule has 0 amide bonds. The van der Waals surface area contributed by atoms with Crippen LogP contribution in [0.4, 0.5) is 0 Å². The molecule has 3 aliphatic rings. The van der Waals surface area contributed by atoms with Gasteiger partial charge in [0.05, 0.1) is 0 Å². The molecule has 2 heteroatoms. The van der Waals surface area contributed by atoms with Gasteiger partial charge >= 0.3 is 0 Å². The first kappa shape index (κ1) is 12.4. The Morgan fingerprint density at radius 3 is 2.42 bits per heavy atom. The maximum absolute atomic E-state index is 3.80. The van der Waals surface area contributed by atoms with Crippen molar-refractivity contribution in [2.75, 3.05) is 6.54 Å². The van der Waals surface area contributed by atoms with Crippen LogP contribution < -0.4 is 5.32 Å². The van der Waals surface area contributed by atoms with Crippen molar-refractivity contribution < 1.29 is 0 Å². The number of halogens is 1. The average molecular weight is 320 g/mol. The van der Waals surface area contributed by atoms with Gasteiger partial charge in [0.15, 0.2) is 0 Å². The van der Waals surface area contributed by atoms with Crippen molar-refractivity contribution in [3.8, 4) is 0 Å². The van der Waals surface area contributed by atoms with Crippen LogP contribution in [0.2, 0.25) is 0 Å². The lowest BCUT2D eigenvalue weighted by Crippen LogP contribution is -2.36. The molecule has 0 heterocycles. The summed E-state index contributed by atoms with van der Waals surface area (Å²) in [7, 11) is 0. The molecule has 0 spiro atoms. The second-order valence-corrected chi connectivity index (χ2v) is 8.04. The molecule has 1 nitrogen and oxygen atoms in total. The Morgan fingerprint density at radius 2 is 1.79 bits per heavy atom. The summed E-state index contributed by atoms with van der Waals surface area (Å²) in [6, 6.07) is 9.82. The van der Waals surface area contributed by atoms with Crippen LogP contribution in [-0.2, 0) is 6.42 Å². The third-order valence-corrected chi connectivity index (χ3v) is 5.82. The topological polar surface area (TPSA) is 12.0 Å². The van der Waals surface area contributed by atoms with Gasteiger partial charge in [-0.3, -0.25) is 0 Å². The van der Waals surface area contributed by atoms with Gasteiger partial charge in [0.2, 0.25) is 0 Å². The van der Waals surface area contributed by atoms with E-state index in [1.807, 2.05) is 0 Å². The van der Waals surface area contributed by atoms with E-state index in [4.69, 9.17) is 0 Å². The quantitative estimate of drug-likeness (QED) is 0.859. The minimum Gasteiger partial charge on any atom is -0.313 e. The number of benzene rings is 1. The third kappa shape index (κ3) is 2.75. The zero-order valence-corrected chi connectivity index (χ0v) is 13.0. The first-order valence-electron chi connectivity index (χ1n) is 7.70. The first-order chi connectivity index (χ1) is 9.22. The summed E-state index contributed by atoms with van der Waals surface area (Å²) >= 11 is 3.53. The van der Waals surface area contributed by atoms with Gasteiger partial charge in [0.1, 0.15) is 0 Å². The Balaban J connectivity index is 1.47. The molecule has 0 aliphatic heterocycles. The lowest BCUT2D eigenvalue weighted by molar-refractivity contribution is 0.247. The highest BCUT2D eigenvalue weighted by molar-refractivity contribution is 9.10. The number of nitrogens with one attached hydrogen (secondary N) is 1. The van der Waals surface area contributed by atoms with Crippen LogP contribution in [0, 0.1) is 17.3 Å². The van der Waals surface area contributed by atoms with E-state index < -0.39 is 0 Å². The van der Waals surface area contributed by atoms with Gasteiger partial charge < -0.3 is 5.32 Å². The van der Waals surface area contributed by atoms with Crippen molar-refractivity contribution in [2.45, 2.75) is 44.6 Å². The molecule has 3 aliphatic carbocycles. The lowest BCUT2D eigenvalue weighted by Gasteiger charge is -2.32. The monoisotopic (exact) mass is 319 g/mol. The molecule has 4 rings (SSSR count). The van der Waals surface area contributed by atoms with Crippen LogP contribution in [0.1, 0.15) is 37.7 Å². The summed E-state index contributed by atoms with van der Waals surface area (Å²) in [5.41, 5.74) is 2.08. The summed E-state index contributed by atoms with van der Waals surface area (Å²) in [5, 5.41) is 3.80. The molecule has 0 saturated heterocycles. The average Bonchev–Trinajstić information content (AvgIpc) is 3.31. The fourth-order valence-corrected chi connectivity index (χ4v) is 4.31. The molecule has 3 fully saturated rings. The van der Waals surface area contributed by atoms with Gasteiger partial charge in [-0.25, -0.2) is 0 Å². The van der Waals surface area contributed by atoms with Gasteiger partial charge in [0, 0.05) is 17.1 Å². The van der Waals surface area contributed by atoms with E-state index in [1.165, 1.54) is 55.1 Å². The van der Waals surface area contributed by atoms with Gasteiger partial charge in [-0.2, -0.15) is 0 Å². The predicted molar refractivity (Wildman–Crippen MR) is 82.1 cm³/mol. The summed E-state index contributed by atoms with van der Waals surface area (Å²) in [6.45, 7) is 1.25. The molecule has 1 N–H and O–H groups in total. The predicted octanol–water partition coefficient (Wildman–Crippen LogP) is 4.16. The minimum absolute atomic E-state index is 0.560. The molecule has 1 aromatic carbocycles. The number of hydrogen-bond acceptors (Lipinski definition) is 1. The van der Waals surface area contributed by atoms with Crippen LogP contribution in [0.5, 0.6) is 0 Å². The Bertz CT molecular complexity index is 453. The SMILES string of the molecule is Brc1ccc(CC2(CNC3CC3)CC3CC3C2)cc1. The Morgan fingerprint density at radius 1 is 1.11 bits per heavy atom. The van der Waals surface area contributed by atoms with Crippen LogP contribution in [0.3, 0.4) is 0 Å². The van der Waals surface area contributed by atoms with Crippen molar-refractivity contribution in [1.29, 1.82) is 0 Å². The van der Waals surface area contributed by atoms with Crippen molar-refractivity contribution in [2.24, 2.45) is 17.3 Å². The number of hydrogen-bond donors (Lipinski definition) is 1. The highest BCUT2D eigenvalue weighted by Crippen LogP contribution is 2.60. The molecule has 0 bridgehead atoms. The molecular weight excluding hydrogens is 298 g/mol. The molecule has 0 aromatic heterocycles. The van der Waals surface area contributed by atoms with Crippen LogP contribution >= 0.6 is 15.9 Å². The van der Waals surface area contributed by atoms with Gasteiger partial charge in [0.25, 0.3) is 0 Å². The normalized spacial score (nSPS) is 36.3. The standard InChI is InChI=1S/C17H22BrN/c18-15-3-1-12(2-4-15)8-17(11-19-16-5-6-16)9-13-7-14(13)10-17/h1-4,13-14,16,19H,5-11H2. The molecule has 0 radical (unpaired) electrons. The highest BCUT2D eigenvalue weighted by Gasteiger charge is 2.53. The summed E-state index contributed by atoms with van der Waals surface area (Å²) in [5.74, 6) is 2.13. The van der Waals surface area contributed by atoms with E-state index in [9.17, 15) is 0 Å². The van der Waals surface area contributed by atoms with E-state index >= 15 is 0 Å². The fourth-order valence-electron chi connectivity index (χ4n) is 4.04. The van der Waals surface area contributed by atoms with Gasteiger partial charge in [-0.1, -0.05) is 28.1 Å². The van der Waals surface area contributed by atoms with Crippen molar-refractivity contribution >= 4 is 15.9 Å². The molecule has 2 unspecified atom stereocenters. The van der Waals surface area contributed by atoms with E-state index in [-0.39, 0.29) is 0 Å². The van der Waals surface area contributed by atoms with E-state index in [1.54, 1.807) is 0 Å². The largest absolute Gasteiger partial charge is 0.313 e. The van der Waals surface area contributed by atoms with Crippen LogP contribution in [0.25, 0.3) is 0 Å². The fraction of sp³-hybridized carbons (Fsp3) is 0.647. The maximum atomic E-state index is 3.80. The molecule has 2 atom stereocenters. The van der Waals surface area contributed by atoms with E-state index in [2.05, 4.69) is 45.5 Å². The summed E-state index contributed by atoms with van der Waals surface area (Å²) < 4.78 is 1.19. The summed E-state index contributed by atoms with van der Waals surface area (Å²) in [4.78, 5) is 0. The molecule has 3 saturated carbocycles.